The van der Waals surface area contributed by atoms with Crippen molar-refractivity contribution in [2.24, 2.45) is 11.8 Å². The second-order valence-electron chi connectivity index (χ2n) is 11.1. The van der Waals surface area contributed by atoms with Crippen LogP contribution >= 0.6 is 0 Å². The van der Waals surface area contributed by atoms with E-state index in [1.807, 2.05) is 36.4 Å². The predicted octanol–water partition coefficient (Wildman–Crippen LogP) is 5.02. The summed E-state index contributed by atoms with van der Waals surface area (Å²) in [6, 6.07) is 23.8. The molecule has 0 bridgehead atoms. The van der Waals surface area contributed by atoms with Crippen LogP contribution in [0.3, 0.4) is 0 Å². The number of rotatable bonds is 18. The van der Waals surface area contributed by atoms with E-state index in [0.717, 1.165) is 0 Å². The molecular formula is C37H41N3O7. The number of aliphatic hydroxyl groups excluding tert-OH is 1. The highest BCUT2D eigenvalue weighted by atomic mass is 16.5. The van der Waals surface area contributed by atoms with Gasteiger partial charge in [0.05, 0.1) is 31.2 Å². The Morgan fingerprint density at radius 1 is 0.872 bits per heavy atom. The number of hydrogen-bond acceptors (Lipinski definition) is 8. The number of aliphatic hydroxyl groups is 1. The van der Waals surface area contributed by atoms with Crippen LogP contribution in [0.4, 0.5) is 0 Å². The number of nitrogens with zero attached hydrogens (tertiary/aromatic N) is 1. The van der Waals surface area contributed by atoms with Crippen LogP contribution in [0.2, 0.25) is 0 Å². The van der Waals surface area contributed by atoms with Crippen LogP contribution in [0.15, 0.2) is 115 Å². The standard InChI is InChI=1S/C37H41N3O7/c1-4-14-27(22-33-38-29-20-12-13-21-32(29)46-33)37(44)47-34(26-18-10-7-11-19-26)31(24-45-3)40-36(43)28(15-5-2)35(42)39-30(23-41)25-16-8-6-9-17-25/h4-13,16-21,27-28,30-31,34,41H,1-2,14-15,22-24H2,3H3,(H,39,42)(H,40,43)/t27-,28?,30+,31+,34+/m1/s1. The molecule has 0 aliphatic heterocycles. The fourth-order valence-electron chi connectivity index (χ4n) is 5.29. The van der Waals surface area contributed by atoms with Gasteiger partial charge in [0, 0.05) is 13.5 Å². The molecule has 0 aliphatic carbocycles. The minimum atomic E-state index is -1.18. The summed E-state index contributed by atoms with van der Waals surface area (Å²) in [6.07, 6.45) is 2.66. The lowest BCUT2D eigenvalue weighted by molar-refractivity contribution is -0.158. The maximum Gasteiger partial charge on any atom is 0.310 e. The van der Waals surface area contributed by atoms with Crippen molar-refractivity contribution in [1.82, 2.24) is 15.6 Å². The topological polar surface area (TPSA) is 140 Å². The Labute approximate surface area is 274 Å². The first-order valence-corrected chi connectivity index (χ1v) is 15.5. The third-order valence-electron chi connectivity index (χ3n) is 7.69. The molecule has 246 valence electrons. The van der Waals surface area contributed by atoms with Gasteiger partial charge >= 0.3 is 5.97 Å². The number of esters is 1. The van der Waals surface area contributed by atoms with Crippen molar-refractivity contribution in [1.29, 1.82) is 0 Å². The van der Waals surface area contributed by atoms with E-state index in [2.05, 4.69) is 28.8 Å². The van der Waals surface area contributed by atoms with Gasteiger partial charge in [-0.05, 0) is 36.1 Å². The van der Waals surface area contributed by atoms with E-state index in [4.69, 9.17) is 13.9 Å². The Morgan fingerprint density at radius 2 is 1.49 bits per heavy atom. The van der Waals surface area contributed by atoms with E-state index in [1.54, 1.807) is 54.6 Å². The van der Waals surface area contributed by atoms with Gasteiger partial charge in [-0.3, -0.25) is 14.4 Å². The minimum absolute atomic E-state index is 0.0262. The quantitative estimate of drug-likeness (QED) is 0.0784. The van der Waals surface area contributed by atoms with Crippen molar-refractivity contribution in [2.75, 3.05) is 20.3 Å². The number of methoxy groups -OCH3 is 1. The van der Waals surface area contributed by atoms with Crippen molar-refractivity contribution in [2.45, 2.75) is 37.5 Å². The van der Waals surface area contributed by atoms with Gasteiger partial charge in [0.2, 0.25) is 11.8 Å². The molecule has 3 aromatic carbocycles. The summed E-state index contributed by atoms with van der Waals surface area (Å²) in [5.74, 6) is -3.18. The summed E-state index contributed by atoms with van der Waals surface area (Å²) < 4.78 is 17.5. The van der Waals surface area contributed by atoms with Gasteiger partial charge in [0.15, 0.2) is 11.5 Å². The molecule has 4 aromatic rings. The van der Waals surface area contributed by atoms with E-state index in [1.165, 1.54) is 13.2 Å². The van der Waals surface area contributed by atoms with Crippen molar-refractivity contribution >= 4 is 28.9 Å². The predicted molar refractivity (Wildman–Crippen MR) is 178 cm³/mol. The summed E-state index contributed by atoms with van der Waals surface area (Å²) in [6.45, 7) is 7.15. The average molecular weight is 640 g/mol. The molecule has 1 aromatic heterocycles. The minimum Gasteiger partial charge on any atom is -0.455 e. The summed E-state index contributed by atoms with van der Waals surface area (Å²) in [5, 5.41) is 15.6. The Morgan fingerprint density at radius 3 is 2.11 bits per heavy atom. The largest absolute Gasteiger partial charge is 0.455 e. The van der Waals surface area contributed by atoms with Gasteiger partial charge in [-0.25, -0.2) is 4.98 Å². The van der Waals surface area contributed by atoms with E-state index in [0.29, 0.717) is 34.5 Å². The number of carbonyl (C=O) groups excluding carboxylic acids is 3. The van der Waals surface area contributed by atoms with Gasteiger partial charge in [0.25, 0.3) is 0 Å². The van der Waals surface area contributed by atoms with Crippen LogP contribution in [0, 0.1) is 11.8 Å². The highest BCUT2D eigenvalue weighted by Crippen LogP contribution is 2.27. The molecule has 0 spiro atoms. The van der Waals surface area contributed by atoms with Crippen LogP contribution < -0.4 is 10.6 Å². The van der Waals surface area contributed by atoms with E-state index >= 15 is 0 Å². The number of para-hydroxylation sites is 2. The third kappa shape index (κ3) is 9.48. The highest BCUT2D eigenvalue weighted by molar-refractivity contribution is 6.00. The molecule has 1 unspecified atom stereocenters. The van der Waals surface area contributed by atoms with Crippen LogP contribution in [-0.2, 0) is 30.3 Å². The van der Waals surface area contributed by atoms with Gasteiger partial charge in [-0.1, -0.05) is 84.9 Å². The molecular weight excluding hydrogens is 598 g/mol. The van der Waals surface area contributed by atoms with Gasteiger partial charge in [0.1, 0.15) is 17.5 Å². The molecule has 0 fully saturated rings. The van der Waals surface area contributed by atoms with Crippen molar-refractivity contribution in [3.05, 3.63) is 127 Å². The van der Waals surface area contributed by atoms with E-state index in [9.17, 15) is 19.5 Å². The number of nitrogens with one attached hydrogen (secondary N) is 2. The van der Waals surface area contributed by atoms with Crippen LogP contribution in [0.5, 0.6) is 0 Å². The van der Waals surface area contributed by atoms with E-state index < -0.39 is 47.8 Å². The number of hydrogen-bond donors (Lipinski definition) is 3. The number of carbonyl (C=O) groups is 3. The third-order valence-corrected chi connectivity index (χ3v) is 7.69. The molecule has 0 aliphatic rings. The van der Waals surface area contributed by atoms with Gasteiger partial charge in [-0.15, -0.1) is 13.2 Å². The van der Waals surface area contributed by atoms with Crippen molar-refractivity contribution in [3.8, 4) is 0 Å². The van der Waals surface area contributed by atoms with Gasteiger partial charge < -0.3 is 29.6 Å². The first kappa shape index (κ1) is 34.8. The van der Waals surface area contributed by atoms with Crippen molar-refractivity contribution < 1.29 is 33.4 Å². The Kier molecular flexibility index (Phi) is 13.0. The molecule has 47 heavy (non-hydrogen) atoms. The Bertz CT molecular complexity index is 1590. The summed E-state index contributed by atoms with van der Waals surface area (Å²) >= 11 is 0. The number of aromatic nitrogens is 1. The van der Waals surface area contributed by atoms with Gasteiger partial charge in [-0.2, -0.15) is 0 Å². The molecule has 2 amide bonds. The Hall–Kier alpha value is -5.06. The fraction of sp³-hybridized carbons (Fsp3) is 0.297. The highest BCUT2D eigenvalue weighted by Gasteiger charge is 2.35. The maximum absolute atomic E-state index is 13.8. The maximum atomic E-state index is 13.8. The lowest BCUT2D eigenvalue weighted by atomic mass is 9.97. The number of allylic oxidation sites excluding steroid dienone is 2. The first-order valence-electron chi connectivity index (χ1n) is 15.5. The van der Waals surface area contributed by atoms with Crippen LogP contribution in [0.25, 0.3) is 11.1 Å². The summed E-state index contributed by atoms with van der Waals surface area (Å²) in [7, 11) is 1.47. The van der Waals surface area contributed by atoms with Crippen LogP contribution in [0.1, 0.15) is 42.0 Å². The summed E-state index contributed by atoms with van der Waals surface area (Å²) in [4.78, 5) is 45.4. The van der Waals surface area contributed by atoms with Crippen molar-refractivity contribution in [3.63, 3.8) is 0 Å². The van der Waals surface area contributed by atoms with E-state index in [-0.39, 0.29) is 26.1 Å². The molecule has 0 saturated heterocycles. The second-order valence-corrected chi connectivity index (χ2v) is 11.1. The molecule has 10 nitrogen and oxygen atoms in total. The number of fused-ring (bicyclic) bond motifs is 1. The first-order chi connectivity index (χ1) is 22.9. The smallest absolute Gasteiger partial charge is 0.310 e. The SMILES string of the molecule is C=CCC(C(=O)N[C@@H](CO)c1ccccc1)C(=O)N[C@@H](COC)[C@@H](OC(=O)[C@H](CC=C)Cc1nc2ccccc2o1)c1ccccc1. The lowest BCUT2D eigenvalue weighted by Gasteiger charge is -2.30. The molecule has 3 N–H and O–H groups in total. The zero-order chi connectivity index (χ0) is 33.6. The monoisotopic (exact) mass is 639 g/mol. The fourth-order valence-corrected chi connectivity index (χ4v) is 5.29. The second kappa shape index (κ2) is 17.6. The molecule has 1 heterocycles. The zero-order valence-electron chi connectivity index (χ0n) is 26.4. The summed E-state index contributed by atoms with van der Waals surface area (Å²) in [5.41, 5.74) is 2.62. The molecule has 10 heteroatoms. The normalized spacial score (nSPS) is 14.3. The zero-order valence-corrected chi connectivity index (χ0v) is 26.4. The average Bonchev–Trinajstić information content (AvgIpc) is 3.51. The number of ether oxygens (including phenoxy) is 2. The molecule has 5 atom stereocenters. The molecule has 4 rings (SSSR count). The molecule has 0 saturated carbocycles. The Balaban J connectivity index is 1.56. The lowest BCUT2D eigenvalue weighted by Crippen LogP contribution is -2.50. The number of benzene rings is 3. The number of oxazole rings is 1. The molecule has 0 radical (unpaired) electrons. The van der Waals surface area contributed by atoms with Crippen LogP contribution in [-0.4, -0.2) is 54.2 Å². The number of amides is 2.